The third-order valence-corrected chi connectivity index (χ3v) is 15.6. The number of fused-ring (bicyclic) bond motifs is 4. The van der Waals surface area contributed by atoms with E-state index in [0.29, 0.717) is 44.1 Å². The third-order valence-electron chi connectivity index (χ3n) is 15.6. The quantitative estimate of drug-likeness (QED) is 0.357. The molecule has 0 aromatic rings. The second-order valence-electron chi connectivity index (χ2n) is 18.1. The lowest BCUT2D eigenvalue weighted by Crippen LogP contribution is -2.60. The molecule has 1 unspecified atom stereocenters. The highest BCUT2D eigenvalue weighted by Gasteiger charge is 2.84. The number of nitrogens with one attached hydrogen (secondary N) is 1. The van der Waals surface area contributed by atoms with Crippen LogP contribution in [0.5, 0.6) is 0 Å². The zero-order chi connectivity index (χ0) is 32.4. The summed E-state index contributed by atoms with van der Waals surface area (Å²) in [5.74, 6) is 1.45. The summed E-state index contributed by atoms with van der Waals surface area (Å²) in [7, 11) is 0. The van der Waals surface area contributed by atoms with Crippen molar-refractivity contribution in [3.8, 4) is 0 Å². The van der Waals surface area contributed by atoms with E-state index >= 15 is 0 Å². The molecule has 2 heterocycles. The van der Waals surface area contributed by atoms with Gasteiger partial charge in [-0.2, -0.15) is 0 Å². The molecule has 5 saturated carbocycles. The van der Waals surface area contributed by atoms with E-state index in [4.69, 9.17) is 18.9 Å². The van der Waals surface area contributed by atoms with Crippen molar-refractivity contribution in [2.45, 2.75) is 149 Å². The van der Waals surface area contributed by atoms with Gasteiger partial charge in [0.25, 0.3) is 0 Å². The van der Waals surface area contributed by atoms with E-state index in [1.807, 2.05) is 20.8 Å². The second-order valence-corrected chi connectivity index (χ2v) is 18.1. The van der Waals surface area contributed by atoms with E-state index in [2.05, 4.69) is 39.9 Å². The number of aliphatic hydroxyl groups excluding tert-OH is 1. The summed E-state index contributed by atoms with van der Waals surface area (Å²) in [6.45, 7) is 19.8. The Morgan fingerprint density at radius 2 is 1.78 bits per heavy atom. The zero-order valence-corrected chi connectivity index (χ0v) is 29.2. The van der Waals surface area contributed by atoms with Crippen LogP contribution in [-0.2, 0) is 23.7 Å². The molecule has 3 N–H and O–H groups in total. The standard InChI is InChI=1S/C37H61NO7/c1-9-43-30(33(5,6)41)23-18-21(2)27-28(44-23)29(39)35(8)25-11-10-24-32(3,4)26(45-31(40)22-19-42-17-16-38-22)12-13-36(24)20-37(25,36)15-14-34(27,35)7/h21-30,38-39,41H,9-20H2,1-8H3/t21-,22-,23-,24+,25+,26+,27+,28+,29+,30+,34-,35-,36?,37+/m1/s1. The molecule has 2 saturated heterocycles. The maximum atomic E-state index is 13.2. The van der Waals surface area contributed by atoms with E-state index in [9.17, 15) is 15.0 Å². The lowest BCUT2D eigenvalue weighted by atomic mass is 9.41. The van der Waals surface area contributed by atoms with Crippen LogP contribution in [-0.4, -0.2) is 84.7 Å². The lowest BCUT2D eigenvalue weighted by Gasteiger charge is -2.63. The van der Waals surface area contributed by atoms with Crippen LogP contribution in [0.2, 0.25) is 0 Å². The van der Waals surface area contributed by atoms with Crippen molar-refractivity contribution < 1.29 is 34.0 Å². The fraction of sp³-hybridized carbons (Fsp3) is 0.973. The second kappa shape index (κ2) is 10.6. The number of morpholine rings is 1. The molecule has 256 valence electrons. The molecule has 8 heteroatoms. The zero-order valence-electron chi connectivity index (χ0n) is 29.2. The average molecular weight is 632 g/mol. The van der Waals surface area contributed by atoms with Crippen LogP contribution in [0, 0.1) is 50.7 Å². The fourth-order valence-corrected chi connectivity index (χ4v) is 13.6. The minimum Gasteiger partial charge on any atom is -0.461 e. The number of carbonyl (C=O) groups excluding carboxylic acids is 1. The number of hydrogen-bond donors (Lipinski definition) is 3. The molecule has 7 rings (SSSR count). The van der Waals surface area contributed by atoms with Crippen LogP contribution in [0.25, 0.3) is 0 Å². The Labute approximate surface area is 271 Å². The van der Waals surface area contributed by atoms with Crippen LogP contribution >= 0.6 is 0 Å². The predicted molar refractivity (Wildman–Crippen MR) is 170 cm³/mol. The van der Waals surface area contributed by atoms with Gasteiger partial charge in [-0.1, -0.05) is 34.6 Å². The first kappa shape index (κ1) is 32.8. The lowest BCUT2D eigenvalue weighted by molar-refractivity contribution is -0.215. The van der Waals surface area contributed by atoms with Crippen LogP contribution in [0.4, 0.5) is 0 Å². The van der Waals surface area contributed by atoms with Crippen molar-refractivity contribution in [3.05, 3.63) is 0 Å². The Balaban J connectivity index is 1.14. The maximum Gasteiger partial charge on any atom is 0.325 e. The van der Waals surface area contributed by atoms with Gasteiger partial charge in [0.15, 0.2) is 0 Å². The first-order chi connectivity index (χ1) is 21.1. The van der Waals surface area contributed by atoms with Gasteiger partial charge in [0.2, 0.25) is 0 Å². The number of hydrogen-bond acceptors (Lipinski definition) is 8. The van der Waals surface area contributed by atoms with Gasteiger partial charge in [-0.05, 0) is 112 Å². The Morgan fingerprint density at radius 1 is 1.07 bits per heavy atom. The number of rotatable bonds is 6. The highest BCUT2D eigenvalue weighted by atomic mass is 16.6. The fourth-order valence-electron chi connectivity index (χ4n) is 13.6. The number of carbonyl (C=O) groups is 1. The van der Waals surface area contributed by atoms with Crippen molar-refractivity contribution in [2.75, 3.05) is 26.4 Å². The molecule has 2 aliphatic heterocycles. The molecule has 0 radical (unpaired) electrons. The maximum absolute atomic E-state index is 13.2. The Morgan fingerprint density at radius 3 is 2.44 bits per heavy atom. The molecule has 14 atom stereocenters. The summed E-state index contributed by atoms with van der Waals surface area (Å²) < 4.78 is 24.9. The van der Waals surface area contributed by atoms with Crippen LogP contribution in [0.3, 0.4) is 0 Å². The average Bonchev–Trinajstić information content (AvgIpc) is 3.61. The molecular weight excluding hydrogens is 570 g/mol. The van der Waals surface area contributed by atoms with Gasteiger partial charge in [0, 0.05) is 24.0 Å². The van der Waals surface area contributed by atoms with Crippen molar-refractivity contribution in [1.82, 2.24) is 5.32 Å². The molecule has 7 fully saturated rings. The Kier molecular flexibility index (Phi) is 7.73. The van der Waals surface area contributed by atoms with Gasteiger partial charge in [-0.3, -0.25) is 4.79 Å². The SMILES string of the molecule is CCO[C@@H]([C@H]1C[C@@H](C)[C@H]2[C@H](O1)[C@H](O)[C@@]1(C)[C@@H]3CC[C@H]4C(C)(C)[C@@H](OC(=O)[C@H]5COCCN5)CCC45C[C@@]35CC[C@]21C)C(C)(C)O. The van der Waals surface area contributed by atoms with Crippen LogP contribution in [0.15, 0.2) is 0 Å². The number of esters is 1. The van der Waals surface area contributed by atoms with Gasteiger partial charge >= 0.3 is 5.97 Å². The first-order valence-corrected chi connectivity index (χ1v) is 18.3. The van der Waals surface area contributed by atoms with Gasteiger partial charge in [-0.25, -0.2) is 0 Å². The molecule has 7 aliphatic rings. The minimum atomic E-state index is -1.03. The summed E-state index contributed by atoms with van der Waals surface area (Å²) in [6, 6.07) is -0.367. The Bertz CT molecular complexity index is 1160. The predicted octanol–water partition coefficient (Wildman–Crippen LogP) is 4.88. The molecule has 0 aromatic heterocycles. The first-order valence-electron chi connectivity index (χ1n) is 18.3. The van der Waals surface area contributed by atoms with Crippen molar-refractivity contribution in [3.63, 3.8) is 0 Å². The Hall–Kier alpha value is -0.770. The van der Waals surface area contributed by atoms with Gasteiger partial charge in [0.1, 0.15) is 18.2 Å². The van der Waals surface area contributed by atoms with Gasteiger partial charge in [0.05, 0.1) is 37.1 Å². The van der Waals surface area contributed by atoms with Crippen LogP contribution in [0.1, 0.15) is 107 Å². The van der Waals surface area contributed by atoms with E-state index in [-0.39, 0.29) is 63.3 Å². The molecule has 0 aromatic carbocycles. The summed E-state index contributed by atoms with van der Waals surface area (Å²) in [4.78, 5) is 13.2. The smallest absolute Gasteiger partial charge is 0.325 e. The highest BCUT2D eigenvalue weighted by Crippen LogP contribution is 2.89. The normalized spacial score (nSPS) is 52.4. The van der Waals surface area contributed by atoms with E-state index in [1.165, 1.54) is 12.8 Å². The van der Waals surface area contributed by atoms with E-state index in [1.54, 1.807) is 0 Å². The number of aliphatic hydroxyl groups is 2. The van der Waals surface area contributed by atoms with Gasteiger partial charge in [-0.15, -0.1) is 0 Å². The monoisotopic (exact) mass is 631 g/mol. The van der Waals surface area contributed by atoms with E-state index < -0.39 is 17.8 Å². The van der Waals surface area contributed by atoms with Crippen LogP contribution < -0.4 is 5.32 Å². The molecule has 2 spiro atoms. The summed E-state index contributed by atoms with van der Waals surface area (Å²) in [5.41, 5.74) is -0.871. The minimum absolute atomic E-state index is 0.0127. The summed E-state index contributed by atoms with van der Waals surface area (Å²) in [6.07, 6.45) is 7.14. The summed E-state index contributed by atoms with van der Waals surface area (Å²) in [5, 5.41) is 26.8. The summed E-state index contributed by atoms with van der Waals surface area (Å²) >= 11 is 0. The molecule has 45 heavy (non-hydrogen) atoms. The highest BCUT2D eigenvalue weighted by molar-refractivity contribution is 5.76. The molecule has 0 bridgehead atoms. The van der Waals surface area contributed by atoms with E-state index in [0.717, 1.165) is 38.5 Å². The van der Waals surface area contributed by atoms with Gasteiger partial charge < -0.3 is 34.5 Å². The van der Waals surface area contributed by atoms with Crippen molar-refractivity contribution in [2.24, 2.45) is 50.7 Å². The van der Waals surface area contributed by atoms with Crippen molar-refractivity contribution in [1.29, 1.82) is 0 Å². The molecule has 8 nitrogen and oxygen atoms in total. The topological polar surface area (TPSA) is 106 Å². The number of ether oxygens (including phenoxy) is 4. The third kappa shape index (κ3) is 4.33. The van der Waals surface area contributed by atoms with Crippen molar-refractivity contribution >= 4 is 5.97 Å². The molecular formula is C37H61NO7. The molecule has 0 amide bonds. The molecule has 5 aliphatic carbocycles. The largest absolute Gasteiger partial charge is 0.461 e.